The Morgan fingerprint density at radius 2 is 1.89 bits per heavy atom. The Hall–Kier alpha value is -3.55. The van der Waals surface area contributed by atoms with Crippen molar-refractivity contribution < 1.29 is 19.1 Å². The highest BCUT2D eigenvalue weighted by Crippen LogP contribution is 2.37. The number of aromatic nitrogens is 2. The van der Waals surface area contributed by atoms with Crippen molar-refractivity contribution >= 4 is 22.8 Å². The zero-order valence-electron chi connectivity index (χ0n) is 21.4. The number of benzene rings is 2. The predicted molar refractivity (Wildman–Crippen MR) is 137 cm³/mol. The third-order valence-corrected chi connectivity index (χ3v) is 7.88. The number of nitrogens with one attached hydrogen (secondary N) is 1. The number of hydrogen-bond acceptors (Lipinski definition) is 5. The van der Waals surface area contributed by atoms with Gasteiger partial charge in [0.25, 0.3) is 5.91 Å². The van der Waals surface area contributed by atoms with E-state index in [9.17, 15) is 9.59 Å². The van der Waals surface area contributed by atoms with Crippen molar-refractivity contribution in [1.29, 1.82) is 0 Å². The topological polar surface area (TPSA) is 85.7 Å². The fourth-order valence-corrected chi connectivity index (χ4v) is 5.68. The van der Waals surface area contributed by atoms with E-state index in [1.165, 1.54) is 6.42 Å². The highest BCUT2D eigenvalue weighted by molar-refractivity contribution is 6.01. The molecule has 5 rings (SSSR count). The largest absolute Gasteiger partial charge is 0.493 e. The van der Waals surface area contributed by atoms with Crippen LogP contribution in [0.25, 0.3) is 11.0 Å². The van der Waals surface area contributed by atoms with Gasteiger partial charge in [0, 0.05) is 11.6 Å². The number of para-hydroxylation sites is 3. The molecular weight excluding hydrogens is 456 g/mol. The summed E-state index contributed by atoms with van der Waals surface area (Å²) in [6, 6.07) is 13.3. The summed E-state index contributed by atoms with van der Waals surface area (Å²) in [5, 5.41) is 3.31. The van der Waals surface area contributed by atoms with Crippen LogP contribution in [0.4, 0.5) is 0 Å². The summed E-state index contributed by atoms with van der Waals surface area (Å²) in [5.41, 5.74) is 1.23. The number of fused-ring (bicyclic) bond motifs is 3. The second-order valence-electron chi connectivity index (χ2n) is 10.2. The van der Waals surface area contributed by atoms with E-state index < -0.39 is 5.54 Å². The lowest BCUT2D eigenvalue weighted by atomic mass is 9.85. The smallest absolute Gasteiger partial charge is 0.291 e. The molecule has 1 fully saturated rings. The molecule has 36 heavy (non-hydrogen) atoms. The van der Waals surface area contributed by atoms with Crippen molar-refractivity contribution in [2.75, 3.05) is 14.2 Å². The van der Waals surface area contributed by atoms with Crippen molar-refractivity contribution in [2.45, 2.75) is 64.2 Å². The van der Waals surface area contributed by atoms with Gasteiger partial charge in [0.1, 0.15) is 5.54 Å². The first-order chi connectivity index (χ1) is 17.4. The van der Waals surface area contributed by atoms with Gasteiger partial charge in [-0.3, -0.25) is 9.59 Å². The van der Waals surface area contributed by atoms with Crippen LogP contribution in [0.3, 0.4) is 0 Å². The molecule has 8 heteroatoms. The monoisotopic (exact) mass is 490 g/mol. The zero-order valence-corrected chi connectivity index (χ0v) is 21.4. The molecule has 2 aromatic carbocycles. The van der Waals surface area contributed by atoms with Gasteiger partial charge in [-0.2, -0.15) is 0 Å². The lowest BCUT2D eigenvalue weighted by Crippen LogP contribution is -2.65. The maximum absolute atomic E-state index is 14.0. The molecule has 1 aliphatic heterocycles. The maximum atomic E-state index is 14.0. The Morgan fingerprint density at radius 1 is 1.11 bits per heavy atom. The highest BCUT2D eigenvalue weighted by Gasteiger charge is 2.49. The van der Waals surface area contributed by atoms with E-state index in [0.717, 1.165) is 35.9 Å². The van der Waals surface area contributed by atoms with E-state index in [2.05, 4.69) is 17.2 Å². The molecule has 3 aromatic rings. The number of imidazole rings is 1. The van der Waals surface area contributed by atoms with Gasteiger partial charge in [0.05, 0.1) is 38.3 Å². The zero-order chi connectivity index (χ0) is 25.4. The Kier molecular flexibility index (Phi) is 6.36. The minimum Gasteiger partial charge on any atom is -0.493 e. The van der Waals surface area contributed by atoms with Crippen LogP contribution in [-0.4, -0.2) is 52.1 Å². The van der Waals surface area contributed by atoms with Crippen LogP contribution in [0.5, 0.6) is 11.5 Å². The first-order valence-corrected chi connectivity index (χ1v) is 12.7. The highest BCUT2D eigenvalue weighted by atomic mass is 16.5. The molecule has 0 unspecified atom stereocenters. The summed E-state index contributed by atoms with van der Waals surface area (Å²) in [4.78, 5) is 34.3. The van der Waals surface area contributed by atoms with Crippen LogP contribution in [0.15, 0.2) is 42.5 Å². The Labute approximate surface area is 211 Å². The van der Waals surface area contributed by atoms with Crippen molar-refractivity contribution in [2.24, 2.45) is 5.92 Å². The van der Waals surface area contributed by atoms with Gasteiger partial charge in [-0.25, -0.2) is 4.98 Å². The summed E-state index contributed by atoms with van der Waals surface area (Å²) < 4.78 is 13.0. The number of carbonyl (C=O) groups is 2. The van der Waals surface area contributed by atoms with Crippen molar-refractivity contribution in [1.82, 2.24) is 19.8 Å². The summed E-state index contributed by atoms with van der Waals surface area (Å²) >= 11 is 0. The standard InChI is InChI=1S/C28H34N4O4/c1-18-10-5-6-12-20(18)30-27(34)28(2)17-31-22-14-8-7-13-21(22)29-25(31)26(33)32(28)16-19-11-9-15-23(35-3)24(19)36-4/h7-9,11,13-15,18,20H,5-6,10,12,16-17H2,1-4H3,(H,30,34)/t18-,20-,28+/m0/s1. The number of nitrogens with zero attached hydrogens (tertiary/aromatic N) is 3. The number of amides is 2. The molecule has 1 aromatic heterocycles. The van der Waals surface area contributed by atoms with E-state index in [4.69, 9.17) is 9.47 Å². The third-order valence-electron chi connectivity index (χ3n) is 7.88. The minimum absolute atomic E-state index is 0.104. The van der Waals surface area contributed by atoms with Gasteiger partial charge in [-0.15, -0.1) is 0 Å². The van der Waals surface area contributed by atoms with Gasteiger partial charge in [0.15, 0.2) is 17.3 Å². The third kappa shape index (κ3) is 3.98. The average molecular weight is 491 g/mol. The van der Waals surface area contributed by atoms with Gasteiger partial charge < -0.3 is 24.3 Å². The Morgan fingerprint density at radius 3 is 2.64 bits per heavy atom. The lowest BCUT2D eigenvalue weighted by molar-refractivity contribution is -0.134. The first-order valence-electron chi connectivity index (χ1n) is 12.7. The predicted octanol–water partition coefficient (Wildman–Crippen LogP) is 4.16. The van der Waals surface area contributed by atoms with Gasteiger partial charge in [0.2, 0.25) is 5.91 Å². The van der Waals surface area contributed by atoms with Crippen LogP contribution in [0.2, 0.25) is 0 Å². The molecule has 0 saturated heterocycles. The molecule has 2 aliphatic rings. The lowest BCUT2D eigenvalue weighted by Gasteiger charge is -2.45. The molecule has 0 spiro atoms. The fourth-order valence-electron chi connectivity index (χ4n) is 5.68. The molecule has 0 radical (unpaired) electrons. The molecular formula is C28H34N4O4. The van der Waals surface area contributed by atoms with Crippen molar-refractivity contribution in [3.63, 3.8) is 0 Å². The molecule has 1 saturated carbocycles. The van der Waals surface area contributed by atoms with Crippen LogP contribution < -0.4 is 14.8 Å². The summed E-state index contributed by atoms with van der Waals surface area (Å²) in [6.07, 6.45) is 4.35. The van der Waals surface area contributed by atoms with Gasteiger partial charge in [-0.1, -0.05) is 44.0 Å². The van der Waals surface area contributed by atoms with E-state index in [0.29, 0.717) is 29.8 Å². The quantitative estimate of drug-likeness (QED) is 0.561. The number of ether oxygens (including phenoxy) is 2. The molecule has 3 atom stereocenters. The minimum atomic E-state index is -1.13. The van der Waals surface area contributed by atoms with Gasteiger partial charge in [-0.05, 0) is 43.9 Å². The molecule has 1 aliphatic carbocycles. The molecule has 1 N–H and O–H groups in total. The summed E-state index contributed by atoms with van der Waals surface area (Å²) in [6.45, 7) is 4.55. The molecule has 2 amide bonds. The van der Waals surface area contributed by atoms with Crippen LogP contribution >= 0.6 is 0 Å². The van der Waals surface area contributed by atoms with Crippen LogP contribution in [0, 0.1) is 5.92 Å². The van der Waals surface area contributed by atoms with Crippen LogP contribution in [0.1, 0.15) is 55.7 Å². The van der Waals surface area contributed by atoms with Crippen molar-refractivity contribution in [3.05, 3.63) is 53.9 Å². The second-order valence-corrected chi connectivity index (χ2v) is 10.2. The van der Waals surface area contributed by atoms with Crippen LogP contribution in [-0.2, 0) is 17.9 Å². The fraction of sp³-hybridized carbons (Fsp3) is 0.464. The van der Waals surface area contributed by atoms with E-state index in [1.54, 1.807) is 19.1 Å². The van der Waals surface area contributed by atoms with E-state index in [-0.39, 0.29) is 24.4 Å². The Balaban J connectivity index is 1.58. The SMILES string of the molecule is COc1cccc(CN2C(=O)c3nc4ccccc4n3C[C@]2(C)C(=O)N[C@H]2CCCC[C@@H]2C)c1OC. The first kappa shape index (κ1) is 24.2. The number of rotatable bonds is 6. The summed E-state index contributed by atoms with van der Waals surface area (Å²) in [5.74, 6) is 1.46. The van der Waals surface area contributed by atoms with E-state index >= 15 is 0 Å². The number of hydrogen-bond donors (Lipinski definition) is 1. The average Bonchev–Trinajstić information content (AvgIpc) is 3.26. The Bertz CT molecular complexity index is 1300. The van der Waals surface area contributed by atoms with E-state index in [1.807, 2.05) is 54.0 Å². The summed E-state index contributed by atoms with van der Waals surface area (Å²) in [7, 11) is 3.16. The molecule has 0 bridgehead atoms. The number of carbonyl (C=O) groups excluding carboxylic acids is 2. The maximum Gasteiger partial charge on any atom is 0.291 e. The normalized spacial score (nSPS) is 23.9. The number of methoxy groups -OCH3 is 2. The second kappa shape index (κ2) is 9.48. The van der Waals surface area contributed by atoms with Gasteiger partial charge >= 0.3 is 0 Å². The molecule has 190 valence electrons. The molecule has 2 heterocycles. The molecule has 8 nitrogen and oxygen atoms in total. The van der Waals surface area contributed by atoms with Crippen molar-refractivity contribution in [3.8, 4) is 11.5 Å².